The minimum Gasteiger partial charge on any atom is -0.335 e. The Bertz CT molecular complexity index is 509. The summed E-state index contributed by atoms with van der Waals surface area (Å²) in [6, 6.07) is 0. The van der Waals surface area contributed by atoms with Crippen molar-refractivity contribution in [2.45, 2.75) is 13.8 Å². The van der Waals surface area contributed by atoms with E-state index in [0.717, 1.165) is 11.3 Å². The van der Waals surface area contributed by atoms with Crippen molar-refractivity contribution in [2.75, 3.05) is 0 Å². The number of rotatable bonds is 2. The summed E-state index contributed by atoms with van der Waals surface area (Å²) in [6.45, 7) is 3.42. The third kappa shape index (κ3) is 1.68. The number of ketones is 1. The second-order valence-electron chi connectivity index (χ2n) is 3.50. The summed E-state index contributed by atoms with van der Waals surface area (Å²) < 4.78 is 1.72. The van der Waals surface area contributed by atoms with Gasteiger partial charge in [-0.05, 0) is 6.92 Å². The van der Waals surface area contributed by atoms with Gasteiger partial charge < -0.3 is 4.98 Å². The maximum absolute atomic E-state index is 11.1. The molecule has 0 spiro atoms. The Balaban J connectivity index is 2.45. The number of carbonyl (C=O) groups excluding carboxylic acids is 1. The zero-order chi connectivity index (χ0) is 11.0. The Hall–Kier alpha value is -1.91. The summed E-state index contributed by atoms with van der Waals surface area (Å²) in [6.07, 6.45) is 3.42. The van der Waals surface area contributed by atoms with Crippen LogP contribution in [-0.4, -0.2) is 25.5 Å². The lowest BCUT2D eigenvalue weighted by Gasteiger charge is -1.91. The lowest BCUT2D eigenvalue weighted by Crippen LogP contribution is -1.91. The summed E-state index contributed by atoms with van der Waals surface area (Å²) in [7, 11) is 1.85. The zero-order valence-corrected chi connectivity index (χ0v) is 8.90. The molecular formula is C10H12N4O. The molecule has 0 radical (unpaired) electrons. The Morgan fingerprint density at radius 2 is 2.27 bits per heavy atom. The first-order valence-corrected chi connectivity index (χ1v) is 4.64. The van der Waals surface area contributed by atoms with Crippen molar-refractivity contribution in [1.29, 1.82) is 0 Å². The van der Waals surface area contributed by atoms with Gasteiger partial charge in [0.25, 0.3) is 0 Å². The minimum absolute atomic E-state index is 0.0182. The van der Waals surface area contributed by atoms with Crippen LogP contribution in [-0.2, 0) is 7.05 Å². The van der Waals surface area contributed by atoms with E-state index in [9.17, 15) is 4.79 Å². The normalized spacial score (nSPS) is 10.6. The van der Waals surface area contributed by atoms with Gasteiger partial charge in [0.2, 0.25) is 0 Å². The van der Waals surface area contributed by atoms with E-state index in [2.05, 4.69) is 15.1 Å². The number of hydrogen-bond acceptors (Lipinski definition) is 3. The molecule has 0 fully saturated rings. The zero-order valence-electron chi connectivity index (χ0n) is 8.90. The quantitative estimate of drug-likeness (QED) is 0.750. The van der Waals surface area contributed by atoms with Crippen LogP contribution in [0.15, 0.2) is 12.4 Å². The third-order valence-corrected chi connectivity index (χ3v) is 2.22. The lowest BCUT2D eigenvalue weighted by atomic mass is 10.2. The first-order valence-electron chi connectivity index (χ1n) is 4.64. The molecule has 2 aromatic heterocycles. The predicted octanol–water partition coefficient (Wildman–Crippen LogP) is 1.32. The topological polar surface area (TPSA) is 63.6 Å². The molecule has 0 aliphatic heterocycles. The first-order chi connectivity index (χ1) is 7.08. The van der Waals surface area contributed by atoms with Crippen LogP contribution in [0.3, 0.4) is 0 Å². The van der Waals surface area contributed by atoms with Gasteiger partial charge in [-0.25, -0.2) is 4.98 Å². The van der Waals surface area contributed by atoms with Crippen LogP contribution in [0.4, 0.5) is 0 Å². The summed E-state index contributed by atoms with van der Waals surface area (Å²) in [4.78, 5) is 18.2. The molecule has 0 unspecified atom stereocenters. The van der Waals surface area contributed by atoms with Gasteiger partial charge in [-0.15, -0.1) is 0 Å². The van der Waals surface area contributed by atoms with Gasteiger partial charge >= 0.3 is 0 Å². The van der Waals surface area contributed by atoms with Crippen molar-refractivity contribution in [1.82, 2.24) is 19.7 Å². The molecule has 5 nitrogen and oxygen atoms in total. The monoisotopic (exact) mass is 204 g/mol. The van der Waals surface area contributed by atoms with E-state index in [1.165, 1.54) is 6.92 Å². The highest BCUT2D eigenvalue weighted by Gasteiger charge is 2.11. The van der Waals surface area contributed by atoms with Crippen molar-refractivity contribution in [3.05, 3.63) is 23.8 Å². The lowest BCUT2D eigenvalue weighted by molar-refractivity contribution is 0.101. The van der Waals surface area contributed by atoms with E-state index < -0.39 is 0 Å². The highest BCUT2D eigenvalue weighted by molar-refractivity contribution is 5.92. The second-order valence-corrected chi connectivity index (χ2v) is 3.50. The average Bonchev–Trinajstić information content (AvgIpc) is 2.71. The summed E-state index contributed by atoms with van der Waals surface area (Å²) in [5.41, 5.74) is 2.33. The number of nitrogens with one attached hydrogen (secondary N) is 1. The van der Waals surface area contributed by atoms with E-state index in [1.54, 1.807) is 10.9 Å². The molecule has 0 saturated carbocycles. The van der Waals surface area contributed by atoms with Crippen molar-refractivity contribution in [3.63, 3.8) is 0 Å². The number of H-pyrrole nitrogens is 1. The van der Waals surface area contributed by atoms with Gasteiger partial charge in [0, 0.05) is 20.2 Å². The van der Waals surface area contributed by atoms with E-state index in [4.69, 9.17) is 0 Å². The van der Waals surface area contributed by atoms with Crippen LogP contribution in [0.1, 0.15) is 23.1 Å². The number of imidazole rings is 1. The molecule has 0 aliphatic carbocycles. The molecule has 0 atom stereocenters. The highest BCUT2D eigenvalue weighted by Crippen LogP contribution is 2.18. The smallest absolute Gasteiger partial charge is 0.177 e. The van der Waals surface area contributed by atoms with Gasteiger partial charge in [0.15, 0.2) is 5.78 Å². The summed E-state index contributed by atoms with van der Waals surface area (Å²) in [5, 5.41) is 4.21. The Morgan fingerprint density at radius 3 is 2.73 bits per heavy atom. The van der Waals surface area contributed by atoms with Crippen LogP contribution >= 0.6 is 0 Å². The Morgan fingerprint density at radius 1 is 1.53 bits per heavy atom. The summed E-state index contributed by atoms with van der Waals surface area (Å²) >= 11 is 0. The molecule has 5 heteroatoms. The SMILES string of the molecule is CC(=O)c1cnc(-c2cn(C)nc2C)[nH]1. The predicted molar refractivity (Wildman–Crippen MR) is 55.5 cm³/mol. The van der Waals surface area contributed by atoms with Crippen LogP contribution in [0.2, 0.25) is 0 Å². The fourth-order valence-electron chi connectivity index (χ4n) is 1.47. The number of nitrogens with zero attached hydrogens (tertiary/aromatic N) is 3. The number of aromatic nitrogens is 4. The molecule has 78 valence electrons. The van der Waals surface area contributed by atoms with Gasteiger partial charge in [0.1, 0.15) is 11.5 Å². The van der Waals surface area contributed by atoms with Gasteiger partial charge in [-0.3, -0.25) is 9.48 Å². The largest absolute Gasteiger partial charge is 0.335 e. The molecule has 1 N–H and O–H groups in total. The van der Waals surface area contributed by atoms with E-state index in [1.807, 2.05) is 20.2 Å². The number of Topliss-reactive ketones (excluding diaryl/α,β-unsaturated/α-hetero) is 1. The van der Waals surface area contributed by atoms with E-state index >= 15 is 0 Å². The highest BCUT2D eigenvalue weighted by atomic mass is 16.1. The van der Waals surface area contributed by atoms with Crippen molar-refractivity contribution >= 4 is 5.78 Å². The molecule has 15 heavy (non-hydrogen) atoms. The molecule has 2 aromatic rings. The molecule has 0 bridgehead atoms. The average molecular weight is 204 g/mol. The van der Waals surface area contributed by atoms with Crippen molar-refractivity contribution in [3.8, 4) is 11.4 Å². The van der Waals surface area contributed by atoms with Crippen LogP contribution in [0, 0.1) is 6.92 Å². The molecular weight excluding hydrogens is 192 g/mol. The van der Waals surface area contributed by atoms with Crippen LogP contribution in [0.5, 0.6) is 0 Å². The first kappa shape index (κ1) is 9.64. The molecule has 0 aromatic carbocycles. The van der Waals surface area contributed by atoms with E-state index in [0.29, 0.717) is 11.5 Å². The van der Waals surface area contributed by atoms with Crippen LogP contribution < -0.4 is 0 Å². The van der Waals surface area contributed by atoms with Crippen molar-refractivity contribution in [2.24, 2.45) is 7.05 Å². The summed E-state index contributed by atoms with van der Waals surface area (Å²) in [5.74, 6) is 0.668. The maximum atomic E-state index is 11.1. The standard InChI is InChI=1S/C10H12N4O/c1-6-8(5-14(3)13-6)10-11-4-9(12-10)7(2)15/h4-5H,1-3H3,(H,11,12). The fourth-order valence-corrected chi connectivity index (χ4v) is 1.47. The van der Waals surface area contributed by atoms with Crippen molar-refractivity contribution < 1.29 is 4.79 Å². The maximum Gasteiger partial charge on any atom is 0.177 e. The van der Waals surface area contributed by atoms with Crippen LogP contribution in [0.25, 0.3) is 11.4 Å². The van der Waals surface area contributed by atoms with E-state index in [-0.39, 0.29) is 5.78 Å². The number of hydrogen-bond donors (Lipinski definition) is 1. The number of aromatic amines is 1. The van der Waals surface area contributed by atoms with Gasteiger partial charge in [-0.1, -0.05) is 0 Å². The number of carbonyl (C=O) groups is 1. The molecule has 0 saturated heterocycles. The molecule has 0 amide bonds. The Kier molecular flexibility index (Phi) is 2.15. The second kappa shape index (κ2) is 3.34. The van der Waals surface area contributed by atoms with Gasteiger partial charge in [-0.2, -0.15) is 5.10 Å². The fraction of sp³-hybridized carbons (Fsp3) is 0.300. The Labute approximate surface area is 87.1 Å². The minimum atomic E-state index is -0.0182. The third-order valence-electron chi connectivity index (χ3n) is 2.22. The molecule has 2 heterocycles. The molecule has 0 aliphatic rings. The molecule has 2 rings (SSSR count). The number of aryl methyl sites for hydroxylation is 2. The van der Waals surface area contributed by atoms with Gasteiger partial charge in [0.05, 0.1) is 17.5 Å².